The van der Waals surface area contributed by atoms with E-state index in [1.807, 2.05) is 6.07 Å². The van der Waals surface area contributed by atoms with E-state index in [2.05, 4.69) is 30.4 Å². The van der Waals surface area contributed by atoms with Gasteiger partial charge in [-0.15, -0.1) is 0 Å². The van der Waals surface area contributed by atoms with Gasteiger partial charge in [-0.2, -0.15) is 5.26 Å². The Kier molecular flexibility index (Phi) is 11.0. The Hall–Kier alpha value is -5.59. The fraction of sp³-hybridized carbons (Fsp3) is 0.421. The van der Waals surface area contributed by atoms with Gasteiger partial charge in [-0.1, -0.05) is 11.6 Å². The Morgan fingerprint density at radius 3 is 2.35 bits per heavy atom. The van der Waals surface area contributed by atoms with Crippen molar-refractivity contribution < 1.29 is 33.4 Å². The number of halogens is 1. The second-order valence-corrected chi connectivity index (χ2v) is 14.2. The standard InChI is InChI=1S/C38H39ClN8O7/c39-31-19-28(5-2-23(31)20-40)54-26-6-3-25(4-7-26)43-34(49)24-21-41-38(42-22-24)46-15-13-45(14-16-46)12-1-17-53-27-8-9-29-30(18-27)37(52)47(36(29)51)32-10-11-33(48)44-35(32)50/h2,5,8-9,18-19,21-22,25-26,32H,1,3-4,6-7,10-17H2,(H,43,49)(H,44,48,50)/t25-,26-,32?. The molecular weight excluding hydrogens is 716 g/mol. The van der Waals surface area contributed by atoms with Crippen LogP contribution in [-0.2, 0) is 9.59 Å². The van der Waals surface area contributed by atoms with Gasteiger partial charge >= 0.3 is 0 Å². The molecule has 15 nitrogen and oxygen atoms in total. The topological polar surface area (TPSA) is 187 Å². The molecule has 1 aromatic heterocycles. The third-order valence-electron chi connectivity index (χ3n) is 10.2. The maximum atomic E-state index is 13.1. The third kappa shape index (κ3) is 8.14. The quantitative estimate of drug-likeness (QED) is 0.216. The van der Waals surface area contributed by atoms with Crippen molar-refractivity contribution in [3.8, 4) is 17.6 Å². The highest BCUT2D eigenvalue weighted by Crippen LogP contribution is 2.31. The van der Waals surface area contributed by atoms with Gasteiger partial charge in [0.25, 0.3) is 17.7 Å². The van der Waals surface area contributed by atoms with Crippen molar-refractivity contribution in [2.75, 3.05) is 44.2 Å². The number of nitrogens with one attached hydrogen (secondary N) is 2. The first-order chi connectivity index (χ1) is 26.2. The minimum atomic E-state index is -1.01. The normalized spacial score (nSPS) is 21.7. The summed E-state index contributed by atoms with van der Waals surface area (Å²) >= 11 is 6.13. The zero-order chi connectivity index (χ0) is 37.8. The van der Waals surface area contributed by atoms with E-state index in [0.29, 0.717) is 40.2 Å². The maximum Gasteiger partial charge on any atom is 0.262 e. The molecule has 7 rings (SSSR count). The summed E-state index contributed by atoms with van der Waals surface area (Å²) in [7, 11) is 0. The molecule has 3 aromatic rings. The molecule has 2 N–H and O–H groups in total. The van der Waals surface area contributed by atoms with Crippen molar-refractivity contribution >= 4 is 47.1 Å². The molecule has 3 fully saturated rings. The van der Waals surface area contributed by atoms with Crippen LogP contribution in [0.15, 0.2) is 48.8 Å². The Morgan fingerprint density at radius 2 is 1.65 bits per heavy atom. The van der Waals surface area contributed by atoms with Gasteiger partial charge in [-0.25, -0.2) is 9.97 Å². The number of hydrogen-bond acceptors (Lipinski definition) is 12. The number of hydrogen-bond donors (Lipinski definition) is 2. The van der Waals surface area contributed by atoms with Crippen molar-refractivity contribution in [1.29, 1.82) is 5.26 Å². The van der Waals surface area contributed by atoms with E-state index in [-0.39, 0.29) is 42.0 Å². The number of aromatic nitrogens is 2. The Labute approximate surface area is 316 Å². The molecule has 4 aliphatic rings. The number of carbonyl (C=O) groups is 5. The SMILES string of the molecule is N#Cc1ccc(O[C@H]2CC[C@H](NC(=O)c3cnc(N4CCN(CCCOc5ccc6c(c5)C(=O)N(C5CCC(=O)NC5=O)C6=O)CC4)nc3)CC2)cc1Cl. The van der Waals surface area contributed by atoms with Gasteiger partial charge < -0.3 is 19.7 Å². The predicted octanol–water partition coefficient (Wildman–Crippen LogP) is 3.11. The Bertz CT molecular complexity index is 1990. The summed E-state index contributed by atoms with van der Waals surface area (Å²) in [4.78, 5) is 77.1. The van der Waals surface area contributed by atoms with E-state index in [1.165, 1.54) is 12.1 Å². The average Bonchev–Trinajstić information content (AvgIpc) is 3.42. The molecule has 4 heterocycles. The van der Waals surface area contributed by atoms with Crippen LogP contribution in [0, 0.1) is 11.3 Å². The summed E-state index contributed by atoms with van der Waals surface area (Å²) in [6.45, 7) is 4.29. The second kappa shape index (κ2) is 16.2. The largest absolute Gasteiger partial charge is 0.494 e. The highest BCUT2D eigenvalue weighted by molar-refractivity contribution is 6.31. The number of rotatable bonds is 11. The summed E-state index contributed by atoms with van der Waals surface area (Å²) in [6.07, 6.45) is 7.19. The van der Waals surface area contributed by atoms with Crippen molar-refractivity contribution in [1.82, 2.24) is 30.4 Å². The summed E-state index contributed by atoms with van der Waals surface area (Å²) in [5, 5.41) is 14.7. The number of amides is 5. The number of nitrogens with zero attached hydrogens (tertiary/aromatic N) is 6. The number of imide groups is 2. The number of nitriles is 1. The van der Waals surface area contributed by atoms with Crippen LogP contribution in [0.2, 0.25) is 5.02 Å². The lowest BCUT2D eigenvalue weighted by Crippen LogP contribution is -2.54. The van der Waals surface area contributed by atoms with Crippen molar-refractivity contribution in [2.24, 2.45) is 0 Å². The van der Waals surface area contributed by atoms with Gasteiger partial charge in [-0.05, 0) is 68.9 Å². The van der Waals surface area contributed by atoms with Gasteiger partial charge in [0.15, 0.2) is 0 Å². The number of ether oxygens (including phenoxy) is 2. The van der Waals surface area contributed by atoms with Crippen LogP contribution < -0.4 is 25.0 Å². The van der Waals surface area contributed by atoms with E-state index in [9.17, 15) is 24.0 Å². The zero-order valence-electron chi connectivity index (χ0n) is 29.5. The molecule has 0 spiro atoms. The van der Waals surface area contributed by atoms with Crippen LogP contribution in [0.3, 0.4) is 0 Å². The molecule has 54 heavy (non-hydrogen) atoms. The number of fused-ring (bicyclic) bond motifs is 1. The number of anilines is 1. The van der Waals surface area contributed by atoms with Crippen LogP contribution in [0.1, 0.15) is 81.6 Å². The highest BCUT2D eigenvalue weighted by Gasteiger charge is 2.44. The summed E-state index contributed by atoms with van der Waals surface area (Å²) < 4.78 is 12.0. The van der Waals surface area contributed by atoms with E-state index >= 15 is 0 Å². The first-order valence-electron chi connectivity index (χ1n) is 18.1. The van der Waals surface area contributed by atoms with Gasteiger partial charge in [0.2, 0.25) is 17.8 Å². The van der Waals surface area contributed by atoms with Gasteiger partial charge in [0, 0.05) is 63.6 Å². The molecule has 2 saturated heterocycles. The monoisotopic (exact) mass is 754 g/mol. The number of piperazine rings is 1. The predicted molar refractivity (Wildman–Crippen MR) is 194 cm³/mol. The molecule has 1 unspecified atom stereocenters. The van der Waals surface area contributed by atoms with E-state index in [1.54, 1.807) is 36.7 Å². The molecule has 3 aliphatic heterocycles. The van der Waals surface area contributed by atoms with Crippen molar-refractivity contribution in [3.05, 3.63) is 76.1 Å². The summed E-state index contributed by atoms with van der Waals surface area (Å²) in [5.74, 6) is -0.704. The third-order valence-corrected chi connectivity index (χ3v) is 10.5. The molecule has 0 radical (unpaired) electrons. The molecule has 1 aliphatic carbocycles. The Morgan fingerprint density at radius 1 is 0.926 bits per heavy atom. The molecule has 5 amide bonds. The smallest absolute Gasteiger partial charge is 0.262 e. The minimum absolute atomic E-state index is 0.0131. The highest BCUT2D eigenvalue weighted by atomic mass is 35.5. The lowest BCUT2D eigenvalue weighted by atomic mass is 9.92. The fourth-order valence-corrected chi connectivity index (χ4v) is 7.45. The number of benzene rings is 2. The molecule has 280 valence electrons. The first kappa shape index (κ1) is 36.8. The van der Waals surface area contributed by atoms with Gasteiger partial charge in [0.05, 0.1) is 40.0 Å². The minimum Gasteiger partial charge on any atom is -0.494 e. The number of piperidine rings is 1. The van der Waals surface area contributed by atoms with Gasteiger partial charge in [-0.3, -0.25) is 39.1 Å². The fourth-order valence-electron chi connectivity index (χ4n) is 7.24. The Balaban J connectivity index is 0.802. The van der Waals surface area contributed by atoms with Crippen molar-refractivity contribution in [2.45, 2.75) is 63.1 Å². The molecule has 1 saturated carbocycles. The molecule has 2 aromatic carbocycles. The zero-order valence-corrected chi connectivity index (χ0v) is 30.2. The average molecular weight is 755 g/mol. The van der Waals surface area contributed by atoms with E-state index < -0.39 is 29.7 Å². The molecule has 0 bridgehead atoms. The van der Waals surface area contributed by atoms with Crippen LogP contribution in [0.4, 0.5) is 5.95 Å². The first-order valence-corrected chi connectivity index (χ1v) is 18.5. The van der Waals surface area contributed by atoms with Gasteiger partial charge in [0.1, 0.15) is 23.6 Å². The van der Waals surface area contributed by atoms with E-state index in [0.717, 1.165) is 69.7 Å². The van der Waals surface area contributed by atoms with Crippen LogP contribution in [0.25, 0.3) is 0 Å². The van der Waals surface area contributed by atoms with Crippen LogP contribution in [0.5, 0.6) is 11.5 Å². The van der Waals surface area contributed by atoms with Crippen LogP contribution >= 0.6 is 11.6 Å². The summed E-state index contributed by atoms with van der Waals surface area (Å²) in [5.41, 5.74) is 1.22. The summed E-state index contributed by atoms with van der Waals surface area (Å²) in [6, 6.07) is 10.8. The molecular formula is C38H39ClN8O7. The van der Waals surface area contributed by atoms with Crippen LogP contribution in [-0.4, -0.2) is 107 Å². The second-order valence-electron chi connectivity index (χ2n) is 13.8. The maximum absolute atomic E-state index is 13.1. The van der Waals surface area contributed by atoms with E-state index in [4.69, 9.17) is 26.3 Å². The molecule has 16 heteroatoms. The molecule has 1 atom stereocenters. The lowest BCUT2D eigenvalue weighted by molar-refractivity contribution is -0.136. The lowest BCUT2D eigenvalue weighted by Gasteiger charge is -2.34. The number of carbonyl (C=O) groups excluding carboxylic acids is 5. The van der Waals surface area contributed by atoms with Crippen molar-refractivity contribution in [3.63, 3.8) is 0 Å².